The molecule has 0 aliphatic rings. The minimum atomic E-state index is -2.52. The number of alkyl halides is 2. The molecular weight excluding hydrogens is 262 g/mol. The van der Waals surface area contributed by atoms with Gasteiger partial charge in [0.25, 0.3) is 6.43 Å². The summed E-state index contributed by atoms with van der Waals surface area (Å²) in [7, 11) is 0. The van der Waals surface area contributed by atoms with Crippen LogP contribution in [0.2, 0.25) is 0 Å². The smallest absolute Gasteiger partial charge is 0.263 e. The number of nitrogens with zero attached hydrogens (tertiary/aromatic N) is 2. The molecule has 1 aromatic heterocycles. The Hall–Kier alpha value is -1.75. The van der Waals surface area contributed by atoms with Gasteiger partial charge in [0.15, 0.2) is 0 Å². The first-order valence-corrected chi connectivity index (χ1v) is 6.68. The van der Waals surface area contributed by atoms with Crippen LogP contribution in [0.15, 0.2) is 36.7 Å². The minimum absolute atomic E-state index is 0.0709. The Morgan fingerprint density at radius 1 is 1.30 bits per heavy atom. The molecule has 20 heavy (non-hydrogen) atoms. The lowest BCUT2D eigenvalue weighted by molar-refractivity contribution is 0.149. The molecule has 2 aromatic rings. The van der Waals surface area contributed by atoms with Crippen LogP contribution in [0.3, 0.4) is 0 Å². The summed E-state index contributed by atoms with van der Waals surface area (Å²) >= 11 is 0. The van der Waals surface area contributed by atoms with Crippen molar-refractivity contribution in [2.24, 2.45) is 0 Å². The minimum Gasteiger partial charge on any atom is -0.388 e. The summed E-state index contributed by atoms with van der Waals surface area (Å²) in [5.41, 5.74) is 0.423. The number of hydrogen-bond donors (Lipinski definition) is 1. The van der Waals surface area contributed by atoms with Gasteiger partial charge in [-0.15, -0.1) is 0 Å². The van der Waals surface area contributed by atoms with Crippen molar-refractivity contribution in [2.45, 2.75) is 38.8 Å². The second-order valence-electron chi connectivity index (χ2n) is 4.73. The highest BCUT2D eigenvalue weighted by molar-refractivity contribution is 5.26. The van der Waals surface area contributed by atoms with Gasteiger partial charge >= 0.3 is 0 Å². The summed E-state index contributed by atoms with van der Waals surface area (Å²) in [5, 5.41) is 10.2. The average Bonchev–Trinajstić information content (AvgIpc) is 2.86. The molecule has 1 atom stereocenters. The predicted octanol–water partition coefficient (Wildman–Crippen LogP) is 3.51. The van der Waals surface area contributed by atoms with Crippen LogP contribution in [-0.4, -0.2) is 14.7 Å². The van der Waals surface area contributed by atoms with Gasteiger partial charge in [0, 0.05) is 30.9 Å². The fourth-order valence-electron chi connectivity index (χ4n) is 2.17. The average molecular weight is 280 g/mol. The molecule has 3 nitrogen and oxygen atoms in total. The standard InChI is InChI=1S/C15H18F2N2O/c1-2-7-19-8-6-18-14(19)10-13(20)11-4-3-5-12(9-11)15(16)17/h3-6,8-9,13,15,20H,2,7,10H2,1H3. The van der Waals surface area contributed by atoms with Crippen molar-refractivity contribution in [3.05, 3.63) is 53.6 Å². The van der Waals surface area contributed by atoms with Gasteiger partial charge in [-0.1, -0.05) is 25.1 Å². The van der Waals surface area contributed by atoms with Gasteiger partial charge in [-0.2, -0.15) is 0 Å². The van der Waals surface area contributed by atoms with Gasteiger partial charge in [-0.3, -0.25) is 0 Å². The topological polar surface area (TPSA) is 38.0 Å². The monoisotopic (exact) mass is 280 g/mol. The zero-order valence-corrected chi connectivity index (χ0v) is 11.3. The van der Waals surface area contributed by atoms with E-state index < -0.39 is 12.5 Å². The Labute approximate surface area is 116 Å². The van der Waals surface area contributed by atoms with Gasteiger partial charge in [0.2, 0.25) is 0 Å². The number of aliphatic hydroxyl groups excluding tert-OH is 1. The van der Waals surface area contributed by atoms with Crippen molar-refractivity contribution >= 4 is 0 Å². The molecule has 0 saturated heterocycles. The lowest BCUT2D eigenvalue weighted by Crippen LogP contribution is -2.09. The van der Waals surface area contributed by atoms with Crippen LogP contribution in [0.4, 0.5) is 8.78 Å². The predicted molar refractivity (Wildman–Crippen MR) is 72.6 cm³/mol. The van der Waals surface area contributed by atoms with Gasteiger partial charge in [0.1, 0.15) is 5.82 Å². The summed E-state index contributed by atoms with van der Waals surface area (Å²) in [5.74, 6) is 0.766. The number of halogens is 2. The van der Waals surface area contributed by atoms with Crippen LogP contribution < -0.4 is 0 Å². The Morgan fingerprint density at radius 2 is 2.05 bits per heavy atom. The summed E-state index contributed by atoms with van der Waals surface area (Å²) in [6.45, 7) is 2.89. The number of aliphatic hydroxyl groups is 1. The second kappa shape index (κ2) is 6.61. The maximum Gasteiger partial charge on any atom is 0.263 e. The maximum atomic E-state index is 12.7. The van der Waals surface area contributed by atoms with E-state index in [2.05, 4.69) is 11.9 Å². The number of benzene rings is 1. The highest BCUT2D eigenvalue weighted by Gasteiger charge is 2.15. The van der Waals surface area contributed by atoms with Gasteiger partial charge in [-0.05, 0) is 18.1 Å². The Bertz CT molecular complexity index is 554. The zero-order valence-electron chi connectivity index (χ0n) is 11.3. The molecule has 0 aliphatic carbocycles. The molecule has 1 aromatic carbocycles. The van der Waals surface area contributed by atoms with Crippen LogP contribution in [0.5, 0.6) is 0 Å². The molecule has 1 unspecified atom stereocenters. The Balaban J connectivity index is 2.13. The molecule has 0 radical (unpaired) electrons. The molecule has 0 bridgehead atoms. The van der Waals surface area contributed by atoms with Crippen LogP contribution in [0, 0.1) is 0 Å². The third-order valence-corrected chi connectivity index (χ3v) is 3.19. The SMILES string of the molecule is CCCn1ccnc1CC(O)c1cccc(C(F)F)c1. The van der Waals surface area contributed by atoms with Gasteiger partial charge < -0.3 is 9.67 Å². The van der Waals surface area contributed by atoms with E-state index in [9.17, 15) is 13.9 Å². The third-order valence-electron chi connectivity index (χ3n) is 3.19. The highest BCUT2D eigenvalue weighted by atomic mass is 19.3. The fourth-order valence-corrected chi connectivity index (χ4v) is 2.17. The molecule has 2 rings (SSSR count). The lowest BCUT2D eigenvalue weighted by atomic mass is 10.0. The molecule has 5 heteroatoms. The summed E-state index contributed by atoms with van der Waals surface area (Å²) in [6, 6.07) is 5.91. The Kier molecular flexibility index (Phi) is 4.84. The van der Waals surface area contributed by atoms with Crippen molar-refractivity contribution in [3.8, 4) is 0 Å². The van der Waals surface area contributed by atoms with Crippen molar-refractivity contribution in [3.63, 3.8) is 0 Å². The van der Waals surface area contributed by atoms with E-state index in [1.54, 1.807) is 18.3 Å². The lowest BCUT2D eigenvalue weighted by Gasteiger charge is -2.13. The van der Waals surface area contributed by atoms with Crippen LogP contribution >= 0.6 is 0 Å². The van der Waals surface area contributed by atoms with E-state index in [1.807, 2.05) is 10.8 Å². The van der Waals surface area contributed by atoms with Crippen molar-refractivity contribution in [1.29, 1.82) is 0 Å². The molecule has 0 saturated carbocycles. The normalized spacial score (nSPS) is 12.8. The van der Waals surface area contributed by atoms with E-state index in [0.717, 1.165) is 18.8 Å². The molecular formula is C15H18F2N2O. The van der Waals surface area contributed by atoms with Crippen LogP contribution in [0.1, 0.15) is 42.8 Å². The number of aromatic nitrogens is 2. The molecule has 1 N–H and O–H groups in total. The van der Waals surface area contributed by atoms with Crippen molar-refractivity contribution in [1.82, 2.24) is 9.55 Å². The molecule has 0 spiro atoms. The third kappa shape index (κ3) is 3.42. The summed E-state index contributed by atoms with van der Waals surface area (Å²) in [4.78, 5) is 4.21. The number of imidazole rings is 1. The highest BCUT2D eigenvalue weighted by Crippen LogP contribution is 2.24. The van der Waals surface area contributed by atoms with E-state index in [-0.39, 0.29) is 5.56 Å². The fraction of sp³-hybridized carbons (Fsp3) is 0.400. The molecule has 108 valence electrons. The molecule has 0 amide bonds. The van der Waals surface area contributed by atoms with E-state index >= 15 is 0 Å². The van der Waals surface area contributed by atoms with Gasteiger partial charge in [-0.25, -0.2) is 13.8 Å². The van der Waals surface area contributed by atoms with Crippen LogP contribution in [0.25, 0.3) is 0 Å². The molecule has 1 heterocycles. The number of rotatable bonds is 6. The maximum absolute atomic E-state index is 12.7. The molecule has 0 aliphatic heterocycles. The summed E-state index contributed by atoms with van der Waals surface area (Å²) in [6.07, 6.45) is 1.49. The second-order valence-corrected chi connectivity index (χ2v) is 4.73. The van der Waals surface area contributed by atoms with Crippen LogP contribution in [-0.2, 0) is 13.0 Å². The first-order chi connectivity index (χ1) is 9.61. The Morgan fingerprint density at radius 3 is 2.75 bits per heavy atom. The largest absolute Gasteiger partial charge is 0.388 e. The quantitative estimate of drug-likeness (QED) is 0.879. The van der Waals surface area contributed by atoms with Gasteiger partial charge in [0.05, 0.1) is 6.10 Å². The van der Waals surface area contributed by atoms with E-state index in [1.165, 1.54) is 12.1 Å². The van der Waals surface area contributed by atoms with E-state index in [0.29, 0.717) is 12.0 Å². The first kappa shape index (κ1) is 14.7. The van der Waals surface area contributed by atoms with E-state index in [4.69, 9.17) is 0 Å². The summed E-state index contributed by atoms with van der Waals surface area (Å²) < 4.78 is 27.3. The van der Waals surface area contributed by atoms with Crippen molar-refractivity contribution in [2.75, 3.05) is 0 Å². The first-order valence-electron chi connectivity index (χ1n) is 6.68. The van der Waals surface area contributed by atoms with Crippen molar-refractivity contribution < 1.29 is 13.9 Å². The zero-order chi connectivity index (χ0) is 14.5. The number of aryl methyl sites for hydroxylation is 1. The number of hydrogen-bond acceptors (Lipinski definition) is 2. The molecule has 0 fully saturated rings.